The van der Waals surface area contributed by atoms with Crippen LogP contribution in [0.25, 0.3) is 12.2 Å². The summed E-state index contributed by atoms with van der Waals surface area (Å²) >= 11 is 0. The van der Waals surface area contributed by atoms with Gasteiger partial charge in [-0.05, 0) is 42.2 Å². The molecular weight excluding hydrogens is 635 g/mol. The number of hydrogen-bond donors (Lipinski definition) is 0. The van der Waals surface area contributed by atoms with E-state index in [1.807, 2.05) is 18.5 Å². The number of ether oxygens (including phenoxy) is 2. The molecule has 1 heterocycles. The first-order valence-corrected chi connectivity index (χ1v) is 22.8. The molecule has 0 N–H and O–H groups in total. The van der Waals surface area contributed by atoms with Crippen molar-refractivity contribution >= 4 is 12.2 Å². The minimum atomic E-state index is 0.754. The summed E-state index contributed by atoms with van der Waals surface area (Å²) in [7, 11) is 0. The highest BCUT2D eigenvalue weighted by Crippen LogP contribution is 2.30. The summed E-state index contributed by atoms with van der Waals surface area (Å²) < 4.78 is 12.7. The first kappa shape index (κ1) is 45.9. The molecule has 296 valence electrons. The minimum Gasteiger partial charge on any atom is -0.490 e. The van der Waals surface area contributed by atoms with Crippen molar-refractivity contribution in [2.75, 3.05) is 13.2 Å². The van der Waals surface area contributed by atoms with Crippen LogP contribution >= 0.6 is 0 Å². The number of nitrogens with zero attached hydrogens (tertiary/aromatic N) is 1. The van der Waals surface area contributed by atoms with E-state index in [-0.39, 0.29) is 0 Å². The molecule has 0 unspecified atom stereocenters. The third kappa shape index (κ3) is 27.3. The highest BCUT2D eigenvalue weighted by atomic mass is 16.5. The van der Waals surface area contributed by atoms with Crippen molar-refractivity contribution in [3.8, 4) is 11.5 Å². The van der Waals surface area contributed by atoms with Crippen LogP contribution in [0.5, 0.6) is 11.5 Å². The van der Waals surface area contributed by atoms with Crippen LogP contribution in [-0.2, 0) is 0 Å². The van der Waals surface area contributed by atoms with Crippen molar-refractivity contribution in [1.29, 1.82) is 0 Å². The van der Waals surface area contributed by atoms with Gasteiger partial charge in [-0.1, -0.05) is 231 Å². The number of benzene rings is 1. The van der Waals surface area contributed by atoms with E-state index in [0.717, 1.165) is 48.7 Å². The second-order valence-corrected chi connectivity index (χ2v) is 15.6. The molecule has 52 heavy (non-hydrogen) atoms. The van der Waals surface area contributed by atoms with E-state index in [1.165, 1.54) is 193 Å². The standard InChI is InChI=1S/C49H83NO2/c1-3-5-7-9-11-13-15-17-19-21-23-25-27-29-31-33-42-51-48-40-39-46(37-38-47-36-35-41-50-45-47)44-49(48)52-43-34-32-30-28-26-24-22-20-18-16-14-12-10-8-6-4-2/h35-41,44-45H,3-34,42-43H2,1-2H3/b38-37+. The van der Waals surface area contributed by atoms with E-state index in [9.17, 15) is 0 Å². The molecule has 2 rings (SSSR count). The van der Waals surface area contributed by atoms with Gasteiger partial charge in [-0.15, -0.1) is 0 Å². The molecule has 0 saturated carbocycles. The molecule has 3 heteroatoms. The maximum absolute atomic E-state index is 6.36. The lowest BCUT2D eigenvalue weighted by atomic mass is 10.0. The van der Waals surface area contributed by atoms with Crippen molar-refractivity contribution < 1.29 is 9.47 Å². The zero-order valence-corrected chi connectivity index (χ0v) is 34.5. The summed E-state index contributed by atoms with van der Waals surface area (Å²) in [5.74, 6) is 1.77. The Hall–Kier alpha value is -2.29. The highest BCUT2D eigenvalue weighted by molar-refractivity contribution is 5.70. The fraction of sp³-hybridized carbons (Fsp3) is 0.735. The summed E-state index contributed by atoms with van der Waals surface area (Å²) in [4.78, 5) is 4.24. The first-order valence-electron chi connectivity index (χ1n) is 22.8. The maximum Gasteiger partial charge on any atom is 0.161 e. The molecule has 0 spiro atoms. The van der Waals surface area contributed by atoms with Crippen LogP contribution in [0.3, 0.4) is 0 Å². The Kier molecular flexibility index (Phi) is 31.5. The molecule has 0 aliphatic rings. The summed E-state index contributed by atoms with van der Waals surface area (Å²) in [5, 5.41) is 0. The molecule has 1 aromatic heterocycles. The van der Waals surface area contributed by atoms with Crippen molar-refractivity contribution in [3.63, 3.8) is 0 Å². The van der Waals surface area contributed by atoms with Crippen LogP contribution in [0.1, 0.15) is 230 Å². The van der Waals surface area contributed by atoms with Crippen molar-refractivity contribution in [2.45, 2.75) is 219 Å². The molecule has 0 radical (unpaired) electrons. The number of pyridine rings is 1. The third-order valence-corrected chi connectivity index (χ3v) is 10.6. The van der Waals surface area contributed by atoms with Crippen LogP contribution in [0.4, 0.5) is 0 Å². The summed E-state index contributed by atoms with van der Waals surface area (Å²) in [6.45, 7) is 6.11. The Morgan fingerprint density at radius 3 is 1.15 bits per heavy atom. The second kappa shape index (κ2) is 35.7. The number of unbranched alkanes of at least 4 members (excludes halogenated alkanes) is 30. The summed E-state index contributed by atoms with van der Waals surface area (Å²) in [6, 6.07) is 10.4. The van der Waals surface area contributed by atoms with Gasteiger partial charge in [0.05, 0.1) is 13.2 Å². The molecule has 3 nitrogen and oxygen atoms in total. The zero-order chi connectivity index (χ0) is 36.8. The van der Waals surface area contributed by atoms with Gasteiger partial charge in [-0.25, -0.2) is 0 Å². The number of hydrogen-bond acceptors (Lipinski definition) is 3. The average molecular weight is 718 g/mol. The van der Waals surface area contributed by atoms with Crippen molar-refractivity contribution in [2.24, 2.45) is 0 Å². The highest BCUT2D eigenvalue weighted by Gasteiger charge is 2.07. The molecule has 0 atom stereocenters. The van der Waals surface area contributed by atoms with E-state index >= 15 is 0 Å². The lowest BCUT2D eigenvalue weighted by molar-refractivity contribution is 0.258. The molecule has 0 bridgehead atoms. The topological polar surface area (TPSA) is 31.4 Å². The fourth-order valence-electron chi connectivity index (χ4n) is 7.19. The van der Waals surface area contributed by atoms with Crippen LogP contribution in [0.2, 0.25) is 0 Å². The van der Waals surface area contributed by atoms with E-state index in [4.69, 9.17) is 9.47 Å². The average Bonchev–Trinajstić information content (AvgIpc) is 3.17. The van der Waals surface area contributed by atoms with Crippen molar-refractivity contribution in [3.05, 3.63) is 53.9 Å². The number of aromatic nitrogens is 1. The summed E-state index contributed by atoms with van der Waals surface area (Å²) in [6.07, 6.45) is 52.2. The number of rotatable bonds is 38. The largest absolute Gasteiger partial charge is 0.490 e. The van der Waals surface area contributed by atoms with Crippen LogP contribution < -0.4 is 9.47 Å². The molecule has 0 fully saturated rings. The normalized spacial score (nSPS) is 11.5. The molecule has 1 aromatic carbocycles. The smallest absolute Gasteiger partial charge is 0.161 e. The van der Waals surface area contributed by atoms with E-state index in [2.05, 4.69) is 55.2 Å². The monoisotopic (exact) mass is 718 g/mol. The quantitative estimate of drug-likeness (QED) is 0.0648. The van der Waals surface area contributed by atoms with Crippen LogP contribution in [-0.4, -0.2) is 18.2 Å². The first-order chi connectivity index (χ1) is 25.8. The third-order valence-electron chi connectivity index (χ3n) is 10.6. The van der Waals surface area contributed by atoms with Gasteiger partial charge in [0.15, 0.2) is 11.5 Å². The van der Waals surface area contributed by atoms with E-state index < -0.39 is 0 Å². The van der Waals surface area contributed by atoms with Gasteiger partial charge >= 0.3 is 0 Å². The summed E-state index contributed by atoms with van der Waals surface area (Å²) in [5.41, 5.74) is 2.22. The van der Waals surface area contributed by atoms with Gasteiger partial charge < -0.3 is 9.47 Å². The molecule has 0 aliphatic heterocycles. The molecule has 0 saturated heterocycles. The molecular formula is C49H83NO2. The Labute approximate surface area is 323 Å². The van der Waals surface area contributed by atoms with Crippen LogP contribution in [0.15, 0.2) is 42.7 Å². The predicted molar refractivity (Wildman–Crippen MR) is 230 cm³/mol. The lowest BCUT2D eigenvalue weighted by Crippen LogP contribution is -2.03. The van der Waals surface area contributed by atoms with Crippen LogP contribution in [0, 0.1) is 0 Å². The van der Waals surface area contributed by atoms with Crippen molar-refractivity contribution in [1.82, 2.24) is 4.98 Å². The van der Waals surface area contributed by atoms with Gasteiger partial charge in [0, 0.05) is 12.4 Å². The second-order valence-electron chi connectivity index (χ2n) is 15.6. The van der Waals surface area contributed by atoms with Gasteiger partial charge in [-0.3, -0.25) is 4.98 Å². The maximum atomic E-state index is 6.36. The SMILES string of the molecule is CCCCCCCCCCCCCCCCCCOc1ccc(/C=C/c2cccnc2)cc1OCCCCCCCCCCCCCCCCCC. The Morgan fingerprint density at radius 1 is 0.404 bits per heavy atom. The van der Waals surface area contributed by atoms with E-state index in [0.29, 0.717) is 0 Å². The van der Waals surface area contributed by atoms with Gasteiger partial charge in [0.25, 0.3) is 0 Å². The molecule has 0 amide bonds. The Morgan fingerprint density at radius 2 is 0.769 bits per heavy atom. The Balaban J connectivity index is 1.56. The Bertz CT molecular complexity index is 1050. The molecule has 0 aliphatic carbocycles. The fourth-order valence-corrected chi connectivity index (χ4v) is 7.19. The molecule has 2 aromatic rings. The van der Waals surface area contributed by atoms with Gasteiger partial charge in [0.2, 0.25) is 0 Å². The lowest BCUT2D eigenvalue weighted by Gasteiger charge is -2.14. The minimum absolute atomic E-state index is 0.754. The van der Waals surface area contributed by atoms with Gasteiger partial charge in [-0.2, -0.15) is 0 Å². The van der Waals surface area contributed by atoms with Gasteiger partial charge in [0.1, 0.15) is 0 Å². The van der Waals surface area contributed by atoms with E-state index in [1.54, 1.807) is 0 Å². The zero-order valence-electron chi connectivity index (χ0n) is 34.5. The predicted octanol–water partition coefficient (Wildman–Crippen LogP) is 16.5.